The second-order valence-corrected chi connectivity index (χ2v) is 8.72. The van der Waals surface area contributed by atoms with Crippen molar-refractivity contribution in [3.05, 3.63) is 15.8 Å². The Labute approximate surface area is 119 Å². The Balaban J connectivity index is 2.22. The van der Waals surface area contributed by atoms with E-state index in [1.54, 1.807) is 0 Å². The molecule has 0 aromatic carbocycles. The third-order valence-electron chi connectivity index (χ3n) is 3.73. The molecule has 1 aromatic heterocycles. The molecule has 0 amide bonds. The van der Waals surface area contributed by atoms with E-state index in [0.717, 1.165) is 29.7 Å². The van der Waals surface area contributed by atoms with Crippen LogP contribution in [0.15, 0.2) is 10.3 Å². The molecule has 1 heterocycles. The first-order chi connectivity index (χ1) is 8.75. The van der Waals surface area contributed by atoms with E-state index in [1.165, 1.54) is 11.3 Å². The van der Waals surface area contributed by atoms with E-state index in [2.05, 4.69) is 18.6 Å². The van der Waals surface area contributed by atoms with E-state index in [1.807, 2.05) is 12.3 Å². The largest absolute Gasteiger partial charge is 0.326 e. The molecule has 0 radical (unpaired) electrons. The average Bonchev–Trinajstić information content (AvgIpc) is 2.81. The number of nitrogens with one attached hydrogen (secondary N) is 1. The molecule has 0 bridgehead atoms. The van der Waals surface area contributed by atoms with Gasteiger partial charge >= 0.3 is 0 Å². The first-order valence-electron chi connectivity index (χ1n) is 6.54. The summed E-state index contributed by atoms with van der Waals surface area (Å²) >= 11 is 1.42. The van der Waals surface area contributed by atoms with Gasteiger partial charge in [0.1, 0.15) is 4.90 Å². The molecule has 4 nitrogen and oxygen atoms in total. The van der Waals surface area contributed by atoms with Gasteiger partial charge in [0.25, 0.3) is 0 Å². The van der Waals surface area contributed by atoms with Crippen molar-refractivity contribution in [3.8, 4) is 0 Å². The summed E-state index contributed by atoms with van der Waals surface area (Å²) in [7, 11) is -3.44. The van der Waals surface area contributed by atoms with Crippen LogP contribution >= 0.6 is 11.3 Å². The molecule has 3 N–H and O–H groups in total. The Bertz CT molecular complexity index is 561. The quantitative estimate of drug-likeness (QED) is 0.897. The van der Waals surface area contributed by atoms with Crippen molar-refractivity contribution in [3.63, 3.8) is 0 Å². The van der Waals surface area contributed by atoms with Gasteiger partial charge in [-0.2, -0.15) is 0 Å². The van der Waals surface area contributed by atoms with Crippen molar-refractivity contribution in [2.24, 2.45) is 11.1 Å². The zero-order valence-corrected chi connectivity index (χ0v) is 13.3. The molecule has 0 aliphatic heterocycles. The molecule has 1 unspecified atom stereocenters. The van der Waals surface area contributed by atoms with Gasteiger partial charge in [-0.05, 0) is 42.5 Å². The predicted molar refractivity (Wildman–Crippen MR) is 78.7 cm³/mol. The lowest BCUT2D eigenvalue weighted by Gasteiger charge is -2.18. The van der Waals surface area contributed by atoms with E-state index in [-0.39, 0.29) is 18.0 Å². The van der Waals surface area contributed by atoms with Crippen molar-refractivity contribution in [2.75, 3.05) is 0 Å². The molecule has 0 spiro atoms. The van der Waals surface area contributed by atoms with E-state index in [0.29, 0.717) is 4.90 Å². The minimum absolute atomic E-state index is 0.0462. The number of hydrogen-bond acceptors (Lipinski definition) is 4. The SMILES string of the molecule is Cc1csc(CN)c1S(=O)(=O)NC1CCC(C)(C)C1. The fraction of sp³-hybridized carbons (Fsp3) is 0.692. The minimum Gasteiger partial charge on any atom is -0.326 e. The van der Waals surface area contributed by atoms with Crippen molar-refractivity contribution in [1.82, 2.24) is 4.72 Å². The summed E-state index contributed by atoms with van der Waals surface area (Å²) in [6, 6.07) is 0.0462. The van der Waals surface area contributed by atoms with Crippen LogP contribution in [0.4, 0.5) is 0 Å². The molecule has 1 aliphatic carbocycles. The van der Waals surface area contributed by atoms with Gasteiger partial charge in [-0.25, -0.2) is 13.1 Å². The Morgan fingerprint density at radius 2 is 2.21 bits per heavy atom. The van der Waals surface area contributed by atoms with Gasteiger partial charge in [0, 0.05) is 17.5 Å². The highest BCUT2D eigenvalue weighted by Gasteiger charge is 2.34. The minimum atomic E-state index is -3.44. The molecule has 108 valence electrons. The molecular formula is C13H22N2O2S2. The van der Waals surface area contributed by atoms with Crippen LogP contribution in [0.25, 0.3) is 0 Å². The highest BCUT2D eigenvalue weighted by molar-refractivity contribution is 7.89. The normalized spacial score (nSPS) is 22.8. The van der Waals surface area contributed by atoms with E-state index in [4.69, 9.17) is 5.73 Å². The van der Waals surface area contributed by atoms with Gasteiger partial charge in [0.2, 0.25) is 10.0 Å². The van der Waals surface area contributed by atoms with Gasteiger partial charge in [-0.15, -0.1) is 11.3 Å². The summed E-state index contributed by atoms with van der Waals surface area (Å²) in [6.45, 7) is 6.46. The maximum Gasteiger partial charge on any atom is 0.242 e. The molecule has 1 atom stereocenters. The number of aryl methyl sites for hydroxylation is 1. The number of hydrogen-bond donors (Lipinski definition) is 2. The van der Waals surface area contributed by atoms with E-state index in [9.17, 15) is 8.42 Å². The summed E-state index contributed by atoms with van der Waals surface area (Å²) in [5.74, 6) is 0. The summed E-state index contributed by atoms with van der Waals surface area (Å²) in [6.07, 6.45) is 2.87. The maximum atomic E-state index is 12.5. The zero-order chi connectivity index (χ0) is 14.3. The van der Waals surface area contributed by atoms with Crippen LogP contribution in [0.3, 0.4) is 0 Å². The third kappa shape index (κ3) is 3.18. The Kier molecular flexibility index (Phi) is 4.07. The van der Waals surface area contributed by atoms with Crippen LogP contribution in [0.2, 0.25) is 0 Å². The predicted octanol–water partition coefficient (Wildman–Crippen LogP) is 2.37. The van der Waals surface area contributed by atoms with Crippen molar-refractivity contribution in [2.45, 2.75) is 57.5 Å². The lowest BCUT2D eigenvalue weighted by atomic mass is 9.92. The molecule has 19 heavy (non-hydrogen) atoms. The van der Waals surface area contributed by atoms with Crippen LogP contribution in [0, 0.1) is 12.3 Å². The monoisotopic (exact) mass is 302 g/mol. The van der Waals surface area contributed by atoms with Gasteiger partial charge in [0.05, 0.1) is 0 Å². The second kappa shape index (κ2) is 5.16. The highest BCUT2D eigenvalue weighted by atomic mass is 32.2. The fourth-order valence-electron chi connectivity index (χ4n) is 2.80. The Morgan fingerprint density at radius 1 is 1.53 bits per heavy atom. The van der Waals surface area contributed by atoms with Crippen molar-refractivity contribution >= 4 is 21.4 Å². The van der Waals surface area contributed by atoms with Gasteiger partial charge in [-0.1, -0.05) is 13.8 Å². The van der Waals surface area contributed by atoms with Crippen molar-refractivity contribution < 1.29 is 8.42 Å². The molecule has 1 aliphatic rings. The highest BCUT2D eigenvalue weighted by Crippen LogP contribution is 2.38. The Hall–Kier alpha value is -0.430. The van der Waals surface area contributed by atoms with Gasteiger partial charge in [0.15, 0.2) is 0 Å². The number of thiophene rings is 1. The number of nitrogens with two attached hydrogens (primary N) is 1. The van der Waals surface area contributed by atoms with Crippen LogP contribution in [-0.2, 0) is 16.6 Å². The molecular weight excluding hydrogens is 280 g/mol. The second-order valence-electron chi connectivity index (χ2n) is 6.10. The molecule has 0 saturated heterocycles. The summed E-state index contributed by atoms with van der Waals surface area (Å²) in [4.78, 5) is 1.13. The number of rotatable bonds is 4. The van der Waals surface area contributed by atoms with Gasteiger partial charge < -0.3 is 5.73 Å². The molecule has 1 fully saturated rings. The average molecular weight is 302 g/mol. The Morgan fingerprint density at radius 3 is 2.74 bits per heavy atom. The van der Waals surface area contributed by atoms with Crippen LogP contribution in [0.5, 0.6) is 0 Å². The lowest BCUT2D eigenvalue weighted by molar-refractivity contribution is 0.372. The summed E-state index contributed by atoms with van der Waals surface area (Å²) < 4.78 is 27.9. The first kappa shape index (κ1) is 15.0. The third-order valence-corrected chi connectivity index (χ3v) is 6.74. The van der Waals surface area contributed by atoms with E-state index < -0.39 is 10.0 Å². The zero-order valence-electron chi connectivity index (χ0n) is 11.7. The number of sulfonamides is 1. The molecule has 6 heteroatoms. The standard InChI is InChI=1S/C13H22N2O2S2/c1-9-8-18-11(7-14)12(9)19(16,17)15-10-4-5-13(2,3)6-10/h8,10,15H,4-7,14H2,1-3H3. The topological polar surface area (TPSA) is 72.2 Å². The first-order valence-corrected chi connectivity index (χ1v) is 8.91. The van der Waals surface area contributed by atoms with Crippen LogP contribution < -0.4 is 10.5 Å². The summed E-state index contributed by atoms with van der Waals surface area (Å²) in [5, 5.41) is 1.86. The van der Waals surface area contributed by atoms with Gasteiger partial charge in [-0.3, -0.25) is 0 Å². The summed E-state index contributed by atoms with van der Waals surface area (Å²) in [5.41, 5.74) is 6.65. The molecule has 2 rings (SSSR count). The smallest absolute Gasteiger partial charge is 0.242 e. The maximum absolute atomic E-state index is 12.5. The van der Waals surface area contributed by atoms with E-state index >= 15 is 0 Å². The molecule has 1 aromatic rings. The fourth-order valence-corrected chi connectivity index (χ4v) is 5.78. The van der Waals surface area contributed by atoms with Crippen LogP contribution in [0.1, 0.15) is 43.6 Å². The lowest BCUT2D eigenvalue weighted by Crippen LogP contribution is -2.34. The van der Waals surface area contributed by atoms with Crippen LogP contribution in [-0.4, -0.2) is 14.5 Å². The molecule has 1 saturated carbocycles. The van der Waals surface area contributed by atoms with Crippen molar-refractivity contribution in [1.29, 1.82) is 0 Å².